The number of rotatable bonds is 4. The topological polar surface area (TPSA) is 82.5 Å². The van der Waals surface area contributed by atoms with E-state index in [1.54, 1.807) is 4.68 Å². The Hall–Kier alpha value is -1.63. The third-order valence-electron chi connectivity index (χ3n) is 2.52. The minimum absolute atomic E-state index is 0.540. The summed E-state index contributed by atoms with van der Waals surface area (Å²) in [4.78, 5) is 13.0. The van der Waals surface area contributed by atoms with Gasteiger partial charge in [0.25, 0.3) is 0 Å². The average molecular weight is 264 g/mol. The molecule has 6 nitrogen and oxygen atoms in total. The summed E-state index contributed by atoms with van der Waals surface area (Å²) in [5.74, 6) is 1.32. The van der Waals surface area contributed by atoms with E-state index in [0.29, 0.717) is 5.82 Å². The van der Waals surface area contributed by atoms with Crippen molar-refractivity contribution >= 4 is 17.6 Å². The van der Waals surface area contributed by atoms with Crippen LogP contribution in [0.5, 0.6) is 0 Å². The maximum atomic E-state index is 5.91. The zero-order chi connectivity index (χ0) is 13.1. The molecule has 0 aliphatic rings. The molecular weight excluding hydrogens is 248 g/mol. The molecule has 2 aromatic heterocycles. The molecule has 0 spiro atoms. The van der Waals surface area contributed by atoms with Crippen molar-refractivity contribution in [2.75, 3.05) is 5.73 Å². The van der Waals surface area contributed by atoms with Gasteiger partial charge >= 0.3 is 0 Å². The monoisotopic (exact) mass is 264 g/mol. The van der Waals surface area contributed by atoms with Gasteiger partial charge in [-0.25, -0.2) is 19.6 Å². The van der Waals surface area contributed by atoms with Crippen LogP contribution in [0.2, 0.25) is 0 Å². The Morgan fingerprint density at radius 3 is 2.78 bits per heavy atom. The van der Waals surface area contributed by atoms with Gasteiger partial charge in [-0.2, -0.15) is 5.10 Å². The van der Waals surface area contributed by atoms with Gasteiger partial charge in [0.1, 0.15) is 23.0 Å². The Bertz CT molecular complexity index is 550. The predicted molar refractivity (Wildman–Crippen MR) is 70.3 cm³/mol. The van der Waals surface area contributed by atoms with Crippen molar-refractivity contribution < 1.29 is 0 Å². The van der Waals surface area contributed by atoms with Crippen LogP contribution in [0.4, 0.5) is 5.82 Å². The van der Waals surface area contributed by atoms with Crippen molar-refractivity contribution in [1.29, 1.82) is 0 Å². The summed E-state index contributed by atoms with van der Waals surface area (Å²) in [6.07, 6.45) is 3.35. The van der Waals surface area contributed by atoms with Gasteiger partial charge in [-0.1, -0.05) is 6.92 Å². The minimum atomic E-state index is 0.540. The molecule has 2 rings (SSSR count). The highest BCUT2D eigenvalue weighted by Gasteiger charge is 2.12. The SMILES string of the molecule is CCCc1nc(N)c(C)c(Sc2ncnn2C)n1. The molecule has 0 bridgehead atoms. The molecule has 0 unspecified atom stereocenters. The molecule has 18 heavy (non-hydrogen) atoms. The molecule has 0 saturated carbocycles. The van der Waals surface area contributed by atoms with Crippen molar-refractivity contribution in [2.24, 2.45) is 7.05 Å². The van der Waals surface area contributed by atoms with Crippen LogP contribution in [0, 0.1) is 6.92 Å². The van der Waals surface area contributed by atoms with Crippen molar-refractivity contribution in [3.63, 3.8) is 0 Å². The number of nitrogens with two attached hydrogens (primary N) is 1. The number of aromatic nitrogens is 5. The normalized spacial score (nSPS) is 10.8. The van der Waals surface area contributed by atoms with Crippen LogP contribution >= 0.6 is 11.8 Å². The Kier molecular flexibility index (Phi) is 3.81. The fourth-order valence-electron chi connectivity index (χ4n) is 1.46. The molecule has 0 radical (unpaired) electrons. The smallest absolute Gasteiger partial charge is 0.192 e. The lowest BCUT2D eigenvalue weighted by atomic mass is 10.3. The molecule has 0 aliphatic carbocycles. The van der Waals surface area contributed by atoms with Crippen LogP contribution in [0.1, 0.15) is 24.7 Å². The number of hydrogen-bond acceptors (Lipinski definition) is 6. The first-order valence-corrected chi connectivity index (χ1v) is 6.58. The van der Waals surface area contributed by atoms with Gasteiger partial charge in [0, 0.05) is 19.0 Å². The highest BCUT2D eigenvalue weighted by Crippen LogP contribution is 2.28. The molecule has 0 fully saturated rings. The van der Waals surface area contributed by atoms with Gasteiger partial charge in [0.15, 0.2) is 5.16 Å². The van der Waals surface area contributed by atoms with E-state index in [4.69, 9.17) is 5.73 Å². The molecule has 0 aliphatic heterocycles. The van der Waals surface area contributed by atoms with Crippen LogP contribution in [-0.2, 0) is 13.5 Å². The third kappa shape index (κ3) is 2.61. The van der Waals surface area contributed by atoms with Gasteiger partial charge in [-0.15, -0.1) is 0 Å². The van der Waals surface area contributed by atoms with Crippen molar-refractivity contribution in [2.45, 2.75) is 36.9 Å². The summed E-state index contributed by atoms with van der Waals surface area (Å²) >= 11 is 1.46. The largest absolute Gasteiger partial charge is 0.383 e. The lowest BCUT2D eigenvalue weighted by molar-refractivity contribution is 0.684. The van der Waals surface area contributed by atoms with Crippen molar-refractivity contribution in [1.82, 2.24) is 24.7 Å². The first kappa shape index (κ1) is 12.8. The number of nitrogens with zero attached hydrogens (tertiary/aromatic N) is 5. The quantitative estimate of drug-likeness (QED) is 0.845. The lowest BCUT2D eigenvalue weighted by Crippen LogP contribution is -2.05. The van der Waals surface area contributed by atoms with E-state index < -0.39 is 0 Å². The van der Waals surface area contributed by atoms with Crippen LogP contribution in [0.3, 0.4) is 0 Å². The standard InChI is InChI=1S/C11H16N6S/c1-4-5-8-15-9(12)7(2)10(16-8)18-11-13-6-14-17(11)3/h6H,4-5H2,1-3H3,(H2,12,15,16). The molecular formula is C11H16N6S. The summed E-state index contributed by atoms with van der Waals surface area (Å²) in [6, 6.07) is 0. The fourth-order valence-corrected chi connectivity index (χ4v) is 2.32. The van der Waals surface area contributed by atoms with E-state index >= 15 is 0 Å². The first-order chi connectivity index (χ1) is 8.61. The minimum Gasteiger partial charge on any atom is -0.383 e. The van der Waals surface area contributed by atoms with Crippen LogP contribution in [-0.4, -0.2) is 24.7 Å². The highest BCUT2D eigenvalue weighted by atomic mass is 32.2. The fraction of sp³-hybridized carbons (Fsp3) is 0.455. The van der Waals surface area contributed by atoms with Crippen LogP contribution < -0.4 is 5.73 Å². The Balaban J connectivity index is 2.34. The summed E-state index contributed by atoms with van der Waals surface area (Å²) in [5.41, 5.74) is 6.80. The number of nitrogen functional groups attached to an aromatic ring is 1. The molecule has 0 saturated heterocycles. The van der Waals surface area contributed by atoms with E-state index in [1.807, 2.05) is 14.0 Å². The molecule has 0 atom stereocenters. The average Bonchev–Trinajstić information content (AvgIpc) is 2.72. The first-order valence-electron chi connectivity index (χ1n) is 5.76. The second kappa shape index (κ2) is 5.34. The van der Waals surface area contributed by atoms with Gasteiger partial charge in [-0.3, -0.25) is 0 Å². The number of aryl methyl sites for hydroxylation is 2. The van der Waals surface area contributed by atoms with Gasteiger partial charge < -0.3 is 5.73 Å². The molecule has 0 aromatic carbocycles. The van der Waals surface area contributed by atoms with E-state index in [1.165, 1.54) is 18.1 Å². The van der Waals surface area contributed by atoms with E-state index in [0.717, 1.165) is 34.4 Å². The summed E-state index contributed by atoms with van der Waals surface area (Å²) in [6.45, 7) is 4.01. The van der Waals surface area contributed by atoms with E-state index in [-0.39, 0.29) is 0 Å². The predicted octanol–water partition coefficient (Wildman–Crippen LogP) is 1.60. The maximum absolute atomic E-state index is 5.91. The van der Waals surface area contributed by atoms with Gasteiger partial charge in [0.2, 0.25) is 0 Å². The molecule has 0 amide bonds. The second-order valence-corrected chi connectivity index (χ2v) is 4.93. The number of anilines is 1. The van der Waals surface area contributed by atoms with Gasteiger partial charge in [0.05, 0.1) is 0 Å². The van der Waals surface area contributed by atoms with E-state index in [2.05, 4.69) is 27.0 Å². The zero-order valence-corrected chi connectivity index (χ0v) is 11.5. The Morgan fingerprint density at radius 2 is 2.17 bits per heavy atom. The Morgan fingerprint density at radius 1 is 1.39 bits per heavy atom. The third-order valence-corrected chi connectivity index (χ3v) is 3.66. The molecule has 7 heteroatoms. The lowest BCUT2D eigenvalue weighted by Gasteiger charge is -2.08. The molecule has 2 aromatic rings. The molecule has 96 valence electrons. The summed E-state index contributed by atoms with van der Waals surface area (Å²) < 4.78 is 1.71. The second-order valence-electron chi connectivity index (χ2n) is 3.97. The maximum Gasteiger partial charge on any atom is 0.192 e. The zero-order valence-electron chi connectivity index (χ0n) is 10.7. The molecule has 2 heterocycles. The van der Waals surface area contributed by atoms with Crippen molar-refractivity contribution in [3.8, 4) is 0 Å². The molecule has 2 N–H and O–H groups in total. The van der Waals surface area contributed by atoms with Crippen LogP contribution in [0.25, 0.3) is 0 Å². The Labute approximate surface area is 110 Å². The summed E-state index contributed by atoms with van der Waals surface area (Å²) in [7, 11) is 1.85. The van der Waals surface area contributed by atoms with Crippen molar-refractivity contribution in [3.05, 3.63) is 17.7 Å². The van der Waals surface area contributed by atoms with E-state index in [9.17, 15) is 0 Å². The van der Waals surface area contributed by atoms with Crippen LogP contribution in [0.15, 0.2) is 16.5 Å². The highest BCUT2D eigenvalue weighted by molar-refractivity contribution is 7.99. The number of hydrogen-bond donors (Lipinski definition) is 1. The summed E-state index contributed by atoms with van der Waals surface area (Å²) in [5, 5.41) is 5.67. The van der Waals surface area contributed by atoms with Gasteiger partial charge in [-0.05, 0) is 25.1 Å².